The summed E-state index contributed by atoms with van der Waals surface area (Å²) in [5.74, 6) is -0.0601. The standard InChI is InChI=1S/C18H15FO2S/c19-13-8-5-4-6-11(13)14-10-16-17(18(20)21-14)12-7-2-1-3-9-15(12)22-16/h4-6,8,10H,1-3,7,9H2. The van der Waals surface area contributed by atoms with Crippen molar-refractivity contribution in [1.29, 1.82) is 0 Å². The Kier molecular flexibility index (Phi) is 3.34. The molecule has 0 amide bonds. The van der Waals surface area contributed by atoms with E-state index in [4.69, 9.17) is 4.42 Å². The molecular formula is C18H15FO2S. The molecule has 0 N–H and O–H groups in total. The van der Waals surface area contributed by atoms with Gasteiger partial charge in [-0.1, -0.05) is 18.6 Å². The fraction of sp³-hybridized carbons (Fsp3) is 0.278. The van der Waals surface area contributed by atoms with Crippen LogP contribution < -0.4 is 5.63 Å². The van der Waals surface area contributed by atoms with Gasteiger partial charge < -0.3 is 4.42 Å². The molecule has 0 spiro atoms. The van der Waals surface area contributed by atoms with Gasteiger partial charge in [0.05, 0.1) is 10.9 Å². The van der Waals surface area contributed by atoms with E-state index in [2.05, 4.69) is 0 Å². The summed E-state index contributed by atoms with van der Waals surface area (Å²) in [6, 6.07) is 8.20. The van der Waals surface area contributed by atoms with E-state index in [1.807, 2.05) is 6.07 Å². The van der Waals surface area contributed by atoms with Gasteiger partial charge in [-0.2, -0.15) is 0 Å². The molecule has 22 heavy (non-hydrogen) atoms. The molecule has 0 atom stereocenters. The molecule has 0 bridgehead atoms. The van der Waals surface area contributed by atoms with Crippen molar-refractivity contribution in [2.75, 3.05) is 0 Å². The lowest BCUT2D eigenvalue weighted by atomic mass is 10.1. The molecule has 0 radical (unpaired) electrons. The fourth-order valence-corrected chi connectivity index (χ4v) is 4.50. The molecule has 2 heterocycles. The van der Waals surface area contributed by atoms with Crippen molar-refractivity contribution in [1.82, 2.24) is 0 Å². The molecule has 1 aromatic carbocycles. The van der Waals surface area contributed by atoms with Crippen LogP contribution in [0.1, 0.15) is 29.7 Å². The molecule has 4 rings (SSSR count). The highest BCUT2D eigenvalue weighted by molar-refractivity contribution is 7.19. The molecule has 3 aromatic rings. The van der Waals surface area contributed by atoms with Gasteiger partial charge in [0.15, 0.2) is 0 Å². The lowest BCUT2D eigenvalue weighted by Crippen LogP contribution is -2.02. The highest BCUT2D eigenvalue weighted by Crippen LogP contribution is 2.36. The van der Waals surface area contributed by atoms with Crippen LogP contribution in [0.2, 0.25) is 0 Å². The Morgan fingerprint density at radius 2 is 1.91 bits per heavy atom. The smallest absolute Gasteiger partial charge is 0.345 e. The second-order valence-electron chi connectivity index (χ2n) is 5.68. The summed E-state index contributed by atoms with van der Waals surface area (Å²) in [7, 11) is 0. The summed E-state index contributed by atoms with van der Waals surface area (Å²) in [6.45, 7) is 0. The van der Waals surface area contributed by atoms with E-state index < -0.39 is 0 Å². The topological polar surface area (TPSA) is 30.2 Å². The van der Waals surface area contributed by atoms with Gasteiger partial charge in [0.25, 0.3) is 0 Å². The number of hydrogen-bond acceptors (Lipinski definition) is 3. The average Bonchev–Trinajstić information content (AvgIpc) is 2.70. The van der Waals surface area contributed by atoms with E-state index in [0.717, 1.165) is 29.5 Å². The monoisotopic (exact) mass is 314 g/mol. The SMILES string of the molecule is O=c1oc(-c2ccccc2F)cc2sc3c(c12)CCCCC3. The fourth-order valence-electron chi connectivity index (χ4n) is 3.18. The first-order valence-electron chi connectivity index (χ1n) is 7.57. The molecule has 1 aliphatic carbocycles. The summed E-state index contributed by atoms with van der Waals surface area (Å²) in [5.41, 5.74) is 1.16. The molecule has 4 heteroatoms. The third kappa shape index (κ3) is 2.18. The van der Waals surface area contributed by atoms with Crippen LogP contribution in [0.15, 0.2) is 39.5 Å². The highest BCUT2D eigenvalue weighted by Gasteiger charge is 2.20. The Labute approximate surface area is 131 Å². The van der Waals surface area contributed by atoms with Crippen molar-refractivity contribution < 1.29 is 8.81 Å². The lowest BCUT2D eigenvalue weighted by molar-refractivity contribution is 0.527. The maximum absolute atomic E-state index is 13.9. The first kappa shape index (κ1) is 13.7. The van der Waals surface area contributed by atoms with Gasteiger partial charge >= 0.3 is 5.63 Å². The molecule has 0 fully saturated rings. The van der Waals surface area contributed by atoms with Crippen LogP contribution >= 0.6 is 11.3 Å². The zero-order chi connectivity index (χ0) is 15.1. The van der Waals surface area contributed by atoms with E-state index in [1.54, 1.807) is 29.5 Å². The molecule has 2 nitrogen and oxygen atoms in total. The number of hydrogen-bond donors (Lipinski definition) is 0. The van der Waals surface area contributed by atoms with Gasteiger partial charge in [-0.3, -0.25) is 0 Å². The Balaban J connectivity index is 1.95. The van der Waals surface area contributed by atoms with Gasteiger partial charge in [-0.15, -0.1) is 11.3 Å². The van der Waals surface area contributed by atoms with Crippen molar-refractivity contribution >= 4 is 21.4 Å². The van der Waals surface area contributed by atoms with E-state index in [1.165, 1.54) is 23.8 Å². The number of halogens is 1. The molecule has 1 aliphatic rings. The van der Waals surface area contributed by atoms with E-state index in [0.29, 0.717) is 16.7 Å². The molecule has 0 saturated heterocycles. The van der Waals surface area contributed by atoms with Gasteiger partial charge in [0, 0.05) is 9.58 Å². The van der Waals surface area contributed by atoms with Gasteiger partial charge in [-0.25, -0.2) is 9.18 Å². The predicted octanol–water partition coefficient (Wildman–Crippen LogP) is 4.93. The van der Waals surface area contributed by atoms with Crippen LogP contribution in [0.3, 0.4) is 0 Å². The minimum atomic E-state index is -0.372. The average molecular weight is 314 g/mol. The molecule has 0 unspecified atom stereocenters. The van der Waals surface area contributed by atoms with Gasteiger partial charge in [0.1, 0.15) is 11.6 Å². The van der Waals surface area contributed by atoms with Crippen molar-refractivity contribution in [3.8, 4) is 11.3 Å². The molecule has 2 aromatic heterocycles. The van der Waals surface area contributed by atoms with Crippen LogP contribution in [0.4, 0.5) is 4.39 Å². The maximum Gasteiger partial charge on any atom is 0.345 e. The van der Waals surface area contributed by atoms with Crippen molar-refractivity contribution in [3.05, 3.63) is 57.0 Å². The van der Waals surface area contributed by atoms with Gasteiger partial charge in [-0.05, 0) is 49.4 Å². The van der Waals surface area contributed by atoms with Gasteiger partial charge in [0.2, 0.25) is 0 Å². The van der Waals surface area contributed by atoms with Crippen LogP contribution in [0, 0.1) is 5.82 Å². The second-order valence-corrected chi connectivity index (χ2v) is 6.82. The summed E-state index contributed by atoms with van der Waals surface area (Å²) < 4.78 is 20.3. The van der Waals surface area contributed by atoms with Crippen molar-refractivity contribution in [2.45, 2.75) is 32.1 Å². The highest BCUT2D eigenvalue weighted by atomic mass is 32.1. The normalized spacial score (nSPS) is 14.8. The first-order chi connectivity index (χ1) is 10.7. The number of benzene rings is 1. The first-order valence-corrected chi connectivity index (χ1v) is 8.39. The number of rotatable bonds is 1. The largest absolute Gasteiger partial charge is 0.422 e. The number of fused-ring (bicyclic) bond motifs is 3. The summed E-state index contributed by atoms with van der Waals surface area (Å²) in [5, 5.41) is 0.710. The molecule has 0 aliphatic heterocycles. The Morgan fingerprint density at radius 3 is 2.77 bits per heavy atom. The Morgan fingerprint density at radius 1 is 1.09 bits per heavy atom. The maximum atomic E-state index is 13.9. The molecule has 112 valence electrons. The minimum Gasteiger partial charge on any atom is -0.422 e. The van der Waals surface area contributed by atoms with Crippen molar-refractivity contribution in [3.63, 3.8) is 0 Å². The summed E-state index contributed by atoms with van der Waals surface area (Å²) in [4.78, 5) is 13.7. The number of thiophene rings is 1. The zero-order valence-electron chi connectivity index (χ0n) is 12.0. The minimum absolute atomic E-state index is 0.312. The van der Waals surface area contributed by atoms with Crippen LogP contribution in [0.5, 0.6) is 0 Å². The summed E-state index contributed by atoms with van der Waals surface area (Å²) in [6.07, 6.45) is 5.47. The van der Waals surface area contributed by atoms with Crippen LogP contribution in [-0.2, 0) is 12.8 Å². The van der Waals surface area contributed by atoms with Crippen LogP contribution in [0.25, 0.3) is 21.4 Å². The Hall–Kier alpha value is -1.94. The summed E-state index contributed by atoms with van der Waals surface area (Å²) >= 11 is 1.66. The van der Waals surface area contributed by atoms with Crippen molar-refractivity contribution in [2.24, 2.45) is 0 Å². The third-order valence-corrected chi connectivity index (χ3v) is 5.50. The second kappa shape index (κ2) is 5.36. The molecular weight excluding hydrogens is 299 g/mol. The van der Waals surface area contributed by atoms with E-state index in [-0.39, 0.29) is 11.4 Å². The molecule has 0 saturated carbocycles. The third-order valence-electron chi connectivity index (χ3n) is 4.26. The Bertz CT molecular complexity index is 907. The van der Waals surface area contributed by atoms with E-state index >= 15 is 0 Å². The number of aryl methyl sites for hydroxylation is 2. The van der Waals surface area contributed by atoms with Crippen LogP contribution in [-0.4, -0.2) is 0 Å². The lowest BCUT2D eigenvalue weighted by Gasteiger charge is -2.02. The van der Waals surface area contributed by atoms with E-state index in [9.17, 15) is 9.18 Å². The predicted molar refractivity (Wildman–Crippen MR) is 87.0 cm³/mol. The quantitative estimate of drug-likeness (QED) is 0.596. The zero-order valence-corrected chi connectivity index (χ0v) is 12.8.